The zero-order valence-electron chi connectivity index (χ0n) is 20.5. The van der Waals surface area contributed by atoms with Crippen LogP contribution < -0.4 is 10.2 Å². The number of piperidine rings is 1. The molecule has 0 unspecified atom stereocenters. The third-order valence-electron chi connectivity index (χ3n) is 6.75. The van der Waals surface area contributed by atoms with Crippen molar-refractivity contribution >= 4 is 39.3 Å². The maximum atomic E-state index is 15.2. The van der Waals surface area contributed by atoms with Gasteiger partial charge in [0.1, 0.15) is 16.7 Å². The third-order valence-corrected chi connectivity index (χ3v) is 6.75. The van der Waals surface area contributed by atoms with E-state index in [1.807, 2.05) is 19.1 Å². The number of rotatable bonds is 6. The number of amides is 1. The molecule has 1 amide bonds. The molecule has 5 aromatic rings. The number of hydrogen-bond donors (Lipinski definition) is 3. The normalized spacial score (nSPS) is 13.9. The van der Waals surface area contributed by atoms with Gasteiger partial charge in [0.25, 0.3) is 0 Å². The lowest BCUT2D eigenvalue weighted by Gasteiger charge is -2.28. The van der Waals surface area contributed by atoms with Crippen LogP contribution in [0.5, 0.6) is 0 Å². The van der Waals surface area contributed by atoms with Gasteiger partial charge in [-0.3, -0.25) is 14.9 Å². The van der Waals surface area contributed by atoms with Crippen molar-refractivity contribution in [1.82, 2.24) is 30.1 Å². The molecule has 3 N–H and O–H groups in total. The topological polar surface area (TPSA) is 115 Å². The molecule has 1 aromatic carbocycles. The van der Waals surface area contributed by atoms with Gasteiger partial charge in [-0.2, -0.15) is 5.10 Å². The van der Waals surface area contributed by atoms with Gasteiger partial charge in [-0.25, -0.2) is 14.4 Å². The number of anilines is 2. The minimum atomic E-state index is -0.460. The fourth-order valence-corrected chi connectivity index (χ4v) is 4.95. The maximum absolute atomic E-state index is 15.2. The number of fused-ring (bicyclic) bond motifs is 2. The van der Waals surface area contributed by atoms with E-state index in [1.165, 1.54) is 12.5 Å². The molecule has 0 atom stereocenters. The van der Waals surface area contributed by atoms with Crippen LogP contribution in [0.2, 0.25) is 0 Å². The molecular formula is C27H27FN8O. The lowest BCUT2D eigenvalue weighted by molar-refractivity contribution is -0.116. The van der Waals surface area contributed by atoms with Gasteiger partial charge in [-0.1, -0.05) is 6.92 Å². The summed E-state index contributed by atoms with van der Waals surface area (Å²) in [5, 5.41) is 10.6. The highest BCUT2D eigenvalue weighted by atomic mass is 19.1. The molecule has 0 spiro atoms. The van der Waals surface area contributed by atoms with Gasteiger partial charge in [-0.15, -0.1) is 0 Å². The Bertz CT molecular complexity index is 1600. The van der Waals surface area contributed by atoms with E-state index in [0.29, 0.717) is 45.8 Å². The zero-order valence-corrected chi connectivity index (χ0v) is 20.5. The highest BCUT2D eigenvalue weighted by Crippen LogP contribution is 2.34. The number of nitrogens with one attached hydrogen (secondary N) is 3. The van der Waals surface area contributed by atoms with Crippen LogP contribution in [-0.2, 0) is 4.79 Å². The molecule has 0 saturated carbocycles. The van der Waals surface area contributed by atoms with Crippen molar-refractivity contribution in [2.75, 3.05) is 23.3 Å². The third kappa shape index (κ3) is 4.39. The van der Waals surface area contributed by atoms with Gasteiger partial charge in [0, 0.05) is 42.9 Å². The summed E-state index contributed by atoms with van der Waals surface area (Å²) in [6.45, 7) is 3.95. The van der Waals surface area contributed by atoms with Crippen molar-refractivity contribution in [2.24, 2.45) is 0 Å². The van der Waals surface area contributed by atoms with Crippen LogP contribution in [0.4, 0.5) is 15.8 Å². The molecule has 5 heterocycles. The van der Waals surface area contributed by atoms with Crippen LogP contribution in [0.15, 0.2) is 42.9 Å². The summed E-state index contributed by atoms with van der Waals surface area (Å²) < 4.78 is 15.2. The quantitative estimate of drug-likeness (QED) is 0.287. The van der Waals surface area contributed by atoms with Crippen molar-refractivity contribution in [2.45, 2.75) is 39.0 Å². The number of pyridine rings is 2. The highest BCUT2D eigenvalue weighted by Gasteiger charge is 2.20. The number of halogens is 1. The lowest BCUT2D eigenvalue weighted by atomic mass is 10.0. The summed E-state index contributed by atoms with van der Waals surface area (Å²) in [5.41, 5.74) is 5.22. The minimum Gasteiger partial charge on any atom is -0.370 e. The molecule has 1 aliphatic rings. The second-order valence-electron chi connectivity index (χ2n) is 9.38. The van der Waals surface area contributed by atoms with E-state index in [9.17, 15) is 4.79 Å². The highest BCUT2D eigenvalue weighted by molar-refractivity contribution is 5.97. The van der Waals surface area contributed by atoms with Gasteiger partial charge in [-0.05, 0) is 55.5 Å². The molecule has 1 fully saturated rings. The Morgan fingerprint density at radius 2 is 2.00 bits per heavy atom. The summed E-state index contributed by atoms with van der Waals surface area (Å²) >= 11 is 0. The number of nitrogens with zero attached hydrogens (tertiary/aromatic N) is 5. The first kappa shape index (κ1) is 23.1. The predicted octanol–water partition coefficient (Wildman–Crippen LogP) is 5.43. The number of aromatic nitrogens is 6. The second kappa shape index (κ2) is 9.61. The van der Waals surface area contributed by atoms with Crippen LogP contribution in [0.1, 0.15) is 39.0 Å². The molecule has 1 saturated heterocycles. The van der Waals surface area contributed by atoms with Crippen LogP contribution in [0, 0.1) is 5.82 Å². The average Bonchev–Trinajstić information content (AvgIpc) is 3.54. The van der Waals surface area contributed by atoms with E-state index in [4.69, 9.17) is 4.98 Å². The Hall–Kier alpha value is -4.34. The number of imidazole rings is 1. The number of carbonyl (C=O) groups excluding carboxylic acids is 1. The van der Waals surface area contributed by atoms with Crippen molar-refractivity contribution < 1.29 is 9.18 Å². The Labute approximate surface area is 212 Å². The van der Waals surface area contributed by atoms with Gasteiger partial charge in [0.05, 0.1) is 17.6 Å². The first-order valence-corrected chi connectivity index (χ1v) is 12.6. The Morgan fingerprint density at radius 1 is 1.14 bits per heavy atom. The summed E-state index contributed by atoms with van der Waals surface area (Å²) in [5.74, 6) is 0.00555. The average molecular weight is 499 g/mol. The van der Waals surface area contributed by atoms with Gasteiger partial charge in [0.15, 0.2) is 17.3 Å². The van der Waals surface area contributed by atoms with Gasteiger partial charge >= 0.3 is 0 Å². The molecule has 0 radical (unpaired) electrons. The summed E-state index contributed by atoms with van der Waals surface area (Å²) in [7, 11) is 0. The molecule has 0 bridgehead atoms. The fourth-order valence-electron chi connectivity index (χ4n) is 4.95. The molecule has 37 heavy (non-hydrogen) atoms. The molecular weight excluding hydrogens is 471 g/mol. The summed E-state index contributed by atoms with van der Waals surface area (Å²) in [6, 6.07) is 7.09. The van der Waals surface area contributed by atoms with Crippen LogP contribution in [0.25, 0.3) is 44.7 Å². The Morgan fingerprint density at radius 3 is 2.84 bits per heavy atom. The van der Waals surface area contributed by atoms with Gasteiger partial charge < -0.3 is 15.2 Å². The first-order valence-electron chi connectivity index (χ1n) is 12.6. The monoisotopic (exact) mass is 498 g/mol. The van der Waals surface area contributed by atoms with Crippen molar-refractivity contribution in [3.63, 3.8) is 0 Å². The van der Waals surface area contributed by atoms with E-state index in [0.717, 1.165) is 43.6 Å². The maximum Gasteiger partial charge on any atom is 0.224 e. The number of hydrogen-bond acceptors (Lipinski definition) is 6. The van der Waals surface area contributed by atoms with Crippen LogP contribution >= 0.6 is 0 Å². The molecule has 1 aliphatic heterocycles. The van der Waals surface area contributed by atoms with E-state index < -0.39 is 5.82 Å². The molecule has 10 heteroatoms. The molecule has 188 valence electrons. The van der Waals surface area contributed by atoms with Crippen molar-refractivity contribution in [3.05, 3.63) is 48.7 Å². The smallest absolute Gasteiger partial charge is 0.224 e. The van der Waals surface area contributed by atoms with E-state index in [1.54, 1.807) is 24.7 Å². The first-order chi connectivity index (χ1) is 18.1. The predicted molar refractivity (Wildman–Crippen MR) is 142 cm³/mol. The number of H-pyrrole nitrogens is 2. The van der Waals surface area contributed by atoms with E-state index in [2.05, 4.69) is 35.4 Å². The van der Waals surface area contributed by atoms with Gasteiger partial charge in [0.2, 0.25) is 5.91 Å². The molecule has 0 aliphatic carbocycles. The summed E-state index contributed by atoms with van der Waals surface area (Å²) in [6.07, 6.45) is 9.75. The van der Waals surface area contributed by atoms with Crippen molar-refractivity contribution in [3.8, 4) is 22.6 Å². The van der Waals surface area contributed by atoms with E-state index in [-0.39, 0.29) is 11.4 Å². The minimum absolute atomic E-state index is 0.0809. The summed E-state index contributed by atoms with van der Waals surface area (Å²) in [4.78, 5) is 31.2. The van der Waals surface area contributed by atoms with Crippen LogP contribution in [-0.4, -0.2) is 49.1 Å². The van der Waals surface area contributed by atoms with E-state index >= 15 is 4.39 Å². The molecule has 4 aromatic heterocycles. The number of aromatic amines is 2. The number of carbonyl (C=O) groups is 1. The Kier molecular flexibility index (Phi) is 5.99. The second-order valence-corrected chi connectivity index (χ2v) is 9.38. The molecule has 9 nitrogen and oxygen atoms in total. The lowest BCUT2D eigenvalue weighted by Crippen LogP contribution is -2.29. The zero-order chi connectivity index (χ0) is 25.4. The molecule has 6 rings (SSSR count). The standard InChI is InChI=1S/C27H27FN8O/c1-2-6-22(37)31-18-11-17(14-29-15-18)16-12-19-23(20(28)13-16)34-35-24(19)27-32-25-21(7-8-30-26(25)33-27)36-9-4-3-5-10-36/h7-8,11-15H,2-6,9-10H2,1H3,(H,31,37)(H,34,35)(H,30,32,33). The largest absolute Gasteiger partial charge is 0.370 e. The Balaban J connectivity index is 1.40. The SMILES string of the molecule is CCCC(=O)Nc1cncc(-c2cc(F)c3n[nH]c(-c4nc5nccc(N6CCCCC6)c5[nH]4)c3c2)c1. The fraction of sp³-hybridized carbons (Fsp3) is 0.296. The van der Waals surface area contributed by atoms with Crippen LogP contribution in [0.3, 0.4) is 0 Å². The van der Waals surface area contributed by atoms with Crippen molar-refractivity contribution in [1.29, 1.82) is 0 Å². The number of benzene rings is 1.